The molecule has 110 valence electrons. The molecule has 2 aliphatic carbocycles. The van der Waals surface area contributed by atoms with Gasteiger partial charge in [0.15, 0.2) is 0 Å². The van der Waals surface area contributed by atoms with Gasteiger partial charge in [-0.05, 0) is 41.6 Å². The van der Waals surface area contributed by atoms with Crippen molar-refractivity contribution in [1.29, 1.82) is 0 Å². The van der Waals surface area contributed by atoms with E-state index in [2.05, 4.69) is 38.2 Å². The van der Waals surface area contributed by atoms with Gasteiger partial charge in [0.05, 0.1) is 12.6 Å². The lowest BCUT2D eigenvalue weighted by molar-refractivity contribution is 0.107. The van der Waals surface area contributed by atoms with Crippen LogP contribution in [0.25, 0.3) is 0 Å². The molecule has 2 fully saturated rings. The maximum Gasteiger partial charge on any atom is 0.0626 e. The van der Waals surface area contributed by atoms with E-state index in [1.807, 2.05) is 18.2 Å². The standard InChI is InChI=1S/C18H27NO/c1-17(2)14-9-10-18(17,3)16(11-14)19-15(12-20)13-7-5-4-6-8-13/h4-8,14-16,19-20H,9-12H2,1-3H3. The average Bonchev–Trinajstić information content (AvgIpc) is 2.78. The summed E-state index contributed by atoms with van der Waals surface area (Å²) in [5, 5.41) is 13.5. The Morgan fingerprint density at radius 1 is 1.25 bits per heavy atom. The first-order valence-corrected chi connectivity index (χ1v) is 7.91. The van der Waals surface area contributed by atoms with E-state index in [0.717, 1.165) is 5.92 Å². The zero-order valence-electron chi connectivity index (χ0n) is 12.9. The number of benzene rings is 1. The molecule has 0 heterocycles. The van der Waals surface area contributed by atoms with E-state index in [0.29, 0.717) is 16.9 Å². The number of fused-ring (bicyclic) bond motifs is 2. The third-order valence-corrected chi connectivity index (χ3v) is 6.58. The van der Waals surface area contributed by atoms with E-state index in [-0.39, 0.29) is 12.6 Å². The van der Waals surface area contributed by atoms with Gasteiger partial charge in [0.25, 0.3) is 0 Å². The normalized spacial score (nSPS) is 36.2. The molecule has 3 rings (SSSR count). The molecule has 2 bridgehead atoms. The maximum atomic E-state index is 9.76. The minimum absolute atomic E-state index is 0.0631. The van der Waals surface area contributed by atoms with Crippen LogP contribution in [0.1, 0.15) is 51.6 Å². The fourth-order valence-corrected chi connectivity index (χ4v) is 4.64. The highest BCUT2D eigenvalue weighted by molar-refractivity contribution is 5.21. The van der Waals surface area contributed by atoms with Crippen molar-refractivity contribution >= 4 is 0 Å². The number of aliphatic hydroxyl groups is 1. The van der Waals surface area contributed by atoms with Crippen LogP contribution in [0.15, 0.2) is 30.3 Å². The van der Waals surface area contributed by atoms with Crippen molar-refractivity contribution in [2.45, 2.75) is 52.1 Å². The highest BCUT2D eigenvalue weighted by Gasteiger charge is 2.61. The topological polar surface area (TPSA) is 32.3 Å². The Hall–Kier alpha value is -0.860. The molecule has 2 saturated carbocycles. The Balaban J connectivity index is 1.79. The molecule has 1 aromatic rings. The summed E-state index contributed by atoms with van der Waals surface area (Å²) in [5.74, 6) is 0.833. The van der Waals surface area contributed by atoms with Crippen LogP contribution < -0.4 is 5.32 Å². The van der Waals surface area contributed by atoms with Gasteiger partial charge in [0.1, 0.15) is 0 Å². The first kappa shape index (κ1) is 14.1. The van der Waals surface area contributed by atoms with Gasteiger partial charge < -0.3 is 10.4 Å². The molecule has 0 saturated heterocycles. The number of aliphatic hydroxyl groups excluding tert-OH is 1. The van der Waals surface area contributed by atoms with Crippen LogP contribution in [0.3, 0.4) is 0 Å². The fraction of sp³-hybridized carbons (Fsp3) is 0.667. The van der Waals surface area contributed by atoms with E-state index < -0.39 is 0 Å². The molecular weight excluding hydrogens is 246 g/mol. The molecule has 2 heteroatoms. The molecule has 0 aliphatic heterocycles. The molecule has 0 radical (unpaired) electrons. The first-order chi connectivity index (χ1) is 9.49. The molecule has 1 aromatic carbocycles. The molecule has 0 aromatic heterocycles. The molecule has 2 nitrogen and oxygen atoms in total. The van der Waals surface area contributed by atoms with Gasteiger partial charge in [0, 0.05) is 6.04 Å². The van der Waals surface area contributed by atoms with Gasteiger partial charge in [-0.1, -0.05) is 51.1 Å². The molecular formula is C18H27NO. The fourth-order valence-electron chi connectivity index (χ4n) is 4.64. The SMILES string of the molecule is CC1(C)C2CCC1(C)C(NC(CO)c1ccccc1)C2. The van der Waals surface area contributed by atoms with Crippen LogP contribution in [-0.4, -0.2) is 17.8 Å². The summed E-state index contributed by atoms with van der Waals surface area (Å²) in [6.07, 6.45) is 3.94. The highest BCUT2D eigenvalue weighted by atomic mass is 16.3. The summed E-state index contributed by atoms with van der Waals surface area (Å²) < 4.78 is 0. The van der Waals surface area contributed by atoms with Crippen LogP contribution >= 0.6 is 0 Å². The molecule has 20 heavy (non-hydrogen) atoms. The summed E-state index contributed by atoms with van der Waals surface area (Å²) in [6, 6.07) is 10.9. The number of rotatable bonds is 4. The van der Waals surface area contributed by atoms with Gasteiger partial charge in [-0.3, -0.25) is 0 Å². The second-order valence-electron chi connectivity index (χ2n) is 7.48. The average molecular weight is 273 g/mol. The molecule has 2 N–H and O–H groups in total. The van der Waals surface area contributed by atoms with Crippen LogP contribution in [0.5, 0.6) is 0 Å². The lowest BCUT2D eigenvalue weighted by Gasteiger charge is -2.41. The van der Waals surface area contributed by atoms with Crippen molar-refractivity contribution in [2.75, 3.05) is 6.61 Å². The minimum Gasteiger partial charge on any atom is -0.394 e. The first-order valence-electron chi connectivity index (χ1n) is 7.91. The Labute approximate surface area is 122 Å². The quantitative estimate of drug-likeness (QED) is 0.879. The van der Waals surface area contributed by atoms with Gasteiger partial charge in [-0.15, -0.1) is 0 Å². The van der Waals surface area contributed by atoms with Crippen molar-refractivity contribution in [1.82, 2.24) is 5.32 Å². The predicted octanol–water partition coefficient (Wildman–Crippen LogP) is 3.52. The van der Waals surface area contributed by atoms with Crippen LogP contribution in [-0.2, 0) is 0 Å². The van der Waals surface area contributed by atoms with E-state index >= 15 is 0 Å². The van der Waals surface area contributed by atoms with E-state index in [1.165, 1.54) is 24.8 Å². The summed E-state index contributed by atoms with van der Waals surface area (Å²) >= 11 is 0. The van der Waals surface area contributed by atoms with Gasteiger partial charge in [-0.2, -0.15) is 0 Å². The van der Waals surface area contributed by atoms with Gasteiger partial charge in [-0.25, -0.2) is 0 Å². The third-order valence-electron chi connectivity index (χ3n) is 6.58. The summed E-state index contributed by atoms with van der Waals surface area (Å²) in [7, 11) is 0. The Morgan fingerprint density at radius 3 is 2.45 bits per heavy atom. The minimum atomic E-state index is 0.0631. The molecule has 2 aliphatic rings. The molecule has 0 spiro atoms. The van der Waals surface area contributed by atoms with Gasteiger partial charge in [0.2, 0.25) is 0 Å². The van der Waals surface area contributed by atoms with Crippen molar-refractivity contribution in [3.63, 3.8) is 0 Å². The Bertz CT molecular complexity index is 470. The summed E-state index contributed by atoms with van der Waals surface area (Å²) in [5.41, 5.74) is 1.97. The molecule has 4 atom stereocenters. The van der Waals surface area contributed by atoms with Crippen molar-refractivity contribution in [3.05, 3.63) is 35.9 Å². The second kappa shape index (κ2) is 4.85. The number of hydrogen-bond acceptors (Lipinski definition) is 2. The zero-order valence-corrected chi connectivity index (χ0v) is 12.9. The van der Waals surface area contributed by atoms with Crippen LogP contribution in [0, 0.1) is 16.7 Å². The number of nitrogens with one attached hydrogen (secondary N) is 1. The van der Waals surface area contributed by atoms with E-state index in [9.17, 15) is 5.11 Å². The largest absolute Gasteiger partial charge is 0.394 e. The monoisotopic (exact) mass is 273 g/mol. The lowest BCUT2D eigenvalue weighted by atomic mass is 9.69. The van der Waals surface area contributed by atoms with Crippen molar-refractivity contribution in [3.8, 4) is 0 Å². The maximum absolute atomic E-state index is 9.76. The number of hydrogen-bond donors (Lipinski definition) is 2. The lowest BCUT2D eigenvalue weighted by Crippen LogP contribution is -2.46. The van der Waals surface area contributed by atoms with Crippen LogP contribution in [0.4, 0.5) is 0 Å². The zero-order chi connectivity index (χ0) is 14.4. The smallest absolute Gasteiger partial charge is 0.0626 e. The molecule has 0 amide bonds. The highest BCUT2D eigenvalue weighted by Crippen LogP contribution is 2.65. The van der Waals surface area contributed by atoms with Crippen molar-refractivity contribution < 1.29 is 5.11 Å². The van der Waals surface area contributed by atoms with E-state index in [1.54, 1.807) is 0 Å². The van der Waals surface area contributed by atoms with Crippen LogP contribution in [0.2, 0.25) is 0 Å². The van der Waals surface area contributed by atoms with Crippen molar-refractivity contribution in [2.24, 2.45) is 16.7 Å². The summed E-state index contributed by atoms with van der Waals surface area (Å²) in [4.78, 5) is 0. The molecule has 4 unspecified atom stereocenters. The van der Waals surface area contributed by atoms with E-state index in [4.69, 9.17) is 0 Å². The summed E-state index contributed by atoms with van der Waals surface area (Å²) in [6.45, 7) is 7.48. The third kappa shape index (κ3) is 1.93. The Morgan fingerprint density at radius 2 is 1.95 bits per heavy atom. The predicted molar refractivity (Wildman–Crippen MR) is 82.4 cm³/mol. The Kier molecular flexibility index (Phi) is 3.42. The van der Waals surface area contributed by atoms with Gasteiger partial charge >= 0.3 is 0 Å². The second-order valence-corrected chi connectivity index (χ2v) is 7.48.